The fourth-order valence-corrected chi connectivity index (χ4v) is 1.04. The van der Waals surface area contributed by atoms with E-state index in [-0.39, 0.29) is 18.0 Å². The molecule has 0 bridgehead atoms. The first kappa shape index (κ1) is 12.9. The largest absolute Gasteiger partial charge is 0.354 e. The van der Waals surface area contributed by atoms with Crippen molar-refractivity contribution in [2.75, 3.05) is 6.54 Å². The molecule has 0 rings (SSSR count). The molecule has 0 saturated carbocycles. The van der Waals surface area contributed by atoms with Crippen LogP contribution in [-0.4, -0.2) is 24.5 Å². The molecule has 0 aliphatic heterocycles. The highest BCUT2D eigenvalue weighted by Crippen LogP contribution is 1.89. The lowest BCUT2D eigenvalue weighted by molar-refractivity contribution is -0.121. The summed E-state index contributed by atoms with van der Waals surface area (Å²) in [4.78, 5) is 11.2. The van der Waals surface area contributed by atoms with Crippen LogP contribution in [0.1, 0.15) is 33.6 Å². The van der Waals surface area contributed by atoms with Crippen molar-refractivity contribution in [1.82, 2.24) is 10.6 Å². The van der Waals surface area contributed by atoms with Gasteiger partial charge in [0.2, 0.25) is 5.91 Å². The van der Waals surface area contributed by atoms with Gasteiger partial charge in [-0.3, -0.25) is 4.79 Å². The number of hydrogen-bond acceptors (Lipinski definition) is 3. The predicted octanol–water partition coefficient (Wildman–Crippen LogP) is 0.793. The highest BCUT2D eigenvalue weighted by Gasteiger charge is 2.05. The van der Waals surface area contributed by atoms with Crippen molar-refractivity contribution in [3.05, 3.63) is 0 Å². The van der Waals surface area contributed by atoms with Gasteiger partial charge in [-0.05, 0) is 20.3 Å². The molecule has 0 aromatic carbocycles. The summed E-state index contributed by atoms with van der Waals surface area (Å²) >= 11 is 0. The van der Waals surface area contributed by atoms with Crippen molar-refractivity contribution < 1.29 is 4.79 Å². The molecule has 0 heterocycles. The summed E-state index contributed by atoms with van der Waals surface area (Å²) < 4.78 is 0. The van der Waals surface area contributed by atoms with Crippen LogP contribution in [0, 0.1) is 11.3 Å². The summed E-state index contributed by atoms with van der Waals surface area (Å²) in [5.74, 6) is 0.0280. The molecule has 0 aromatic rings. The molecule has 0 saturated heterocycles. The van der Waals surface area contributed by atoms with Crippen LogP contribution in [-0.2, 0) is 4.79 Å². The minimum atomic E-state index is -0.137. The Morgan fingerprint density at radius 3 is 2.57 bits per heavy atom. The highest BCUT2D eigenvalue weighted by atomic mass is 16.1. The van der Waals surface area contributed by atoms with Crippen molar-refractivity contribution >= 4 is 5.91 Å². The summed E-state index contributed by atoms with van der Waals surface area (Å²) in [5.41, 5.74) is 0. The maximum absolute atomic E-state index is 11.2. The Kier molecular flexibility index (Phi) is 6.77. The topological polar surface area (TPSA) is 64.9 Å². The fraction of sp³-hybridized carbons (Fsp3) is 0.800. The molecular formula is C10H19N3O. The Labute approximate surface area is 85.7 Å². The summed E-state index contributed by atoms with van der Waals surface area (Å²) in [6, 6.07) is 2.17. The maximum atomic E-state index is 11.2. The van der Waals surface area contributed by atoms with Gasteiger partial charge in [-0.15, -0.1) is 0 Å². The van der Waals surface area contributed by atoms with Gasteiger partial charge in [-0.25, -0.2) is 0 Å². The molecule has 1 atom stereocenters. The van der Waals surface area contributed by atoms with Gasteiger partial charge in [-0.1, -0.05) is 6.92 Å². The zero-order valence-electron chi connectivity index (χ0n) is 9.13. The first-order valence-corrected chi connectivity index (χ1v) is 5.02. The average molecular weight is 197 g/mol. The van der Waals surface area contributed by atoms with Crippen LogP contribution in [0.25, 0.3) is 0 Å². The van der Waals surface area contributed by atoms with E-state index >= 15 is 0 Å². The van der Waals surface area contributed by atoms with Crippen molar-refractivity contribution in [1.29, 1.82) is 5.26 Å². The third-order valence-electron chi connectivity index (χ3n) is 1.76. The Hall–Kier alpha value is -1.08. The molecule has 14 heavy (non-hydrogen) atoms. The van der Waals surface area contributed by atoms with Crippen molar-refractivity contribution in [2.45, 2.75) is 45.7 Å². The lowest BCUT2D eigenvalue weighted by Gasteiger charge is -2.10. The van der Waals surface area contributed by atoms with Gasteiger partial charge in [0.1, 0.15) is 0 Å². The van der Waals surface area contributed by atoms with Crippen LogP contribution in [0.5, 0.6) is 0 Å². The number of nitrogens with one attached hydrogen (secondary N) is 2. The van der Waals surface area contributed by atoms with Crippen LogP contribution in [0.4, 0.5) is 0 Å². The summed E-state index contributed by atoms with van der Waals surface area (Å²) in [5, 5.41) is 14.4. The molecule has 2 N–H and O–H groups in total. The summed E-state index contributed by atoms with van der Waals surface area (Å²) in [6.07, 6.45) is 1.19. The second-order valence-corrected chi connectivity index (χ2v) is 3.52. The zero-order chi connectivity index (χ0) is 11.0. The van der Waals surface area contributed by atoms with Crippen LogP contribution < -0.4 is 10.6 Å². The quantitative estimate of drug-likeness (QED) is 0.661. The molecular weight excluding hydrogens is 178 g/mol. The number of rotatable bonds is 6. The molecule has 0 aliphatic rings. The Balaban J connectivity index is 3.54. The first-order valence-electron chi connectivity index (χ1n) is 5.02. The molecule has 4 nitrogen and oxygen atoms in total. The third-order valence-corrected chi connectivity index (χ3v) is 1.76. The van der Waals surface area contributed by atoms with Gasteiger partial charge >= 0.3 is 0 Å². The highest BCUT2D eigenvalue weighted by molar-refractivity contribution is 5.76. The first-order chi connectivity index (χ1) is 6.60. The van der Waals surface area contributed by atoms with Crippen molar-refractivity contribution in [2.24, 2.45) is 0 Å². The Morgan fingerprint density at radius 1 is 1.50 bits per heavy atom. The Bertz CT molecular complexity index is 208. The molecule has 0 radical (unpaired) electrons. The van der Waals surface area contributed by atoms with E-state index in [4.69, 9.17) is 5.26 Å². The number of hydrogen-bond donors (Lipinski definition) is 2. The van der Waals surface area contributed by atoms with E-state index < -0.39 is 0 Å². The van der Waals surface area contributed by atoms with E-state index in [2.05, 4.69) is 16.7 Å². The minimum absolute atomic E-state index is 0.0280. The van der Waals surface area contributed by atoms with E-state index in [0.29, 0.717) is 13.0 Å². The number of nitrogens with zero attached hydrogens (tertiary/aromatic N) is 1. The van der Waals surface area contributed by atoms with Gasteiger partial charge in [0.15, 0.2) is 0 Å². The van der Waals surface area contributed by atoms with Gasteiger partial charge in [-0.2, -0.15) is 5.26 Å². The standard InChI is InChI=1S/C10H19N3O/c1-4-9(7-11)12-6-5-10(14)13-8(2)3/h8-9,12H,4-6H2,1-3H3,(H,13,14). The number of carbonyl (C=O) groups excluding carboxylic acids is 1. The maximum Gasteiger partial charge on any atom is 0.221 e. The predicted molar refractivity (Wildman–Crippen MR) is 55.6 cm³/mol. The molecule has 1 amide bonds. The van der Waals surface area contributed by atoms with Gasteiger partial charge in [0.25, 0.3) is 0 Å². The summed E-state index contributed by atoms with van der Waals surface area (Å²) in [6.45, 7) is 6.35. The summed E-state index contributed by atoms with van der Waals surface area (Å²) in [7, 11) is 0. The average Bonchev–Trinajstić information content (AvgIpc) is 2.11. The molecule has 80 valence electrons. The smallest absolute Gasteiger partial charge is 0.221 e. The van der Waals surface area contributed by atoms with Gasteiger partial charge in [0, 0.05) is 19.0 Å². The van der Waals surface area contributed by atoms with Crippen LogP contribution in [0.15, 0.2) is 0 Å². The molecule has 4 heteroatoms. The van der Waals surface area contributed by atoms with Crippen LogP contribution in [0.3, 0.4) is 0 Å². The number of amides is 1. The minimum Gasteiger partial charge on any atom is -0.354 e. The fourth-order valence-electron chi connectivity index (χ4n) is 1.04. The lowest BCUT2D eigenvalue weighted by atomic mass is 10.2. The molecule has 0 fully saturated rings. The van der Waals surface area contributed by atoms with Crippen LogP contribution >= 0.6 is 0 Å². The number of nitriles is 1. The van der Waals surface area contributed by atoms with Crippen molar-refractivity contribution in [3.8, 4) is 6.07 Å². The van der Waals surface area contributed by atoms with Gasteiger partial charge < -0.3 is 10.6 Å². The van der Waals surface area contributed by atoms with Crippen LogP contribution in [0.2, 0.25) is 0 Å². The van der Waals surface area contributed by atoms with E-state index in [1.54, 1.807) is 0 Å². The number of carbonyl (C=O) groups is 1. The normalized spacial score (nSPS) is 12.2. The van der Waals surface area contributed by atoms with E-state index in [1.807, 2.05) is 20.8 Å². The third kappa shape index (κ3) is 6.44. The van der Waals surface area contributed by atoms with Crippen molar-refractivity contribution in [3.63, 3.8) is 0 Å². The van der Waals surface area contributed by atoms with Gasteiger partial charge in [0.05, 0.1) is 12.1 Å². The lowest BCUT2D eigenvalue weighted by Crippen LogP contribution is -2.35. The van der Waals surface area contributed by atoms with E-state index in [1.165, 1.54) is 0 Å². The van der Waals surface area contributed by atoms with E-state index in [0.717, 1.165) is 6.42 Å². The second kappa shape index (κ2) is 7.34. The van der Waals surface area contributed by atoms with E-state index in [9.17, 15) is 4.79 Å². The zero-order valence-corrected chi connectivity index (χ0v) is 9.13. The molecule has 0 aliphatic carbocycles. The monoisotopic (exact) mass is 197 g/mol. The molecule has 0 spiro atoms. The molecule has 1 unspecified atom stereocenters. The Morgan fingerprint density at radius 2 is 2.14 bits per heavy atom. The second-order valence-electron chi connectivity index (χ2n) is 3.52. The molecule has 0 aromatic heterocycles. The SMILES string of the molecule is CCC(C#N)NCCC(=O)NC(C)C.